The molecule has 0 spiro atoms. The number of carbonyl (C=O) groups is 1. The van der Waals surface area contributed by atoms with Gasteiger partial charge in [-0.1, -0.05) is 182 Å². The number of nitrogens with two attached hydrogens (primary N) is 1. The molecule has 0 unspecified atom stereocenters. The summed E-state index contributed by atoms with van der Waals surface area (Å²) in [7, 11) is -1.15. The van der Waals surface area contributed by atoms with Crippen LogP contribution in [-0.4, -0.2) is 24.7 Å². The van der Waals surface area contributed by atoms with Crippen LogP contribution >= 0.6 is 15.8 Å². The van der Waals surface area contributed by atoms with Crippen LogP contribution in [0, 0.1) is 13.8 Å². The van der Waals surface area contributed by atoms with E-state index >= 15 is 0 Å². The van der Waals surface area contributed by atoms with Crippen molar-refractivity contribution in [3.63, 3.8) is 0 Å². The second kappa shape index (κ2) is 26.5. The summed E-state index contributed by atoms with van der Waals surface area (Å²) in [6.45, 7) is 6.06. The second-order valence-corrected chi connectivity index (χ2v) is 18.0. The van der Waals surface area contributed by atoms with Gasteiger partial charge in [0.25, 0.3) is 0 Å². The van der Waals surface area contributed by atoms with Gasteiger partial charge in [-0.2, -0.15) is 0 Å². The van der Waals surface area contributed by atoms with E-state index in [4.69, 9.17) is 5.73 Å². The first-order valence-corrected chi connectivity index (χ1v) is 22.4. The molecule has 9 heteroatoms. The molecule has 0 amide bonds. The summed E-state index contributed by atoms with van der Waals surface area (Å²) in [6, 6.07) is 72.0. The molecule has 0 saturated carbocycles. The first kappa shape index (κ1) is 48.8. The molecule has 0 aliphatic rings. The Bertz CT molecular complexity index is 2410. The number of pyridine rings is 2. The van der Waals surface area contributed by atoms with E-state index in [0.29, 0.717) is 12.2 Å². The van der Waals surface area contributed by atoms with Gasteiger partial charge in [0.2, 0.25) is 0 Å². The van der Waals surface area contributed by atoms with Crippen molar-refractivity contribution < 1.29 is 35.8 Å². The molecule has 0 aliphatic carbocycles. The smallest absolute Gasteiger partial charge is 1.00 e. The van der Waals surface area contributed by atoms with Crippen molar-refractivity contribution in [3.8, 4) is 0 Å². The molecule has 61 heavy (non-hydrogen) atoms. The van der Waals surface area contributed by atoms with Crippen LogP contribution in [0.2, 0.25) is 0 Å². The van der Waals surface area contributed by atoms with E-state index < -0.39 is 15.8 Å². The van der Waals surface area contributed by atoms with Crippen LogP contribution in [-0.2, 0) is 19.6 Å². The molecule has 3 radical (unpaired) electrons. The van der Waals surface area contributed by atoms with Gasteiger partial charge in [0, 0.05) is 39.4 Å². The maximum Gasteiger partial charge on any atom is 1.00 e. The summed E-state index contributed by atoms with van der Waals surface area (Å²) >= 11 is 0. The van der Waals surface area contributed by atoms with Gasteiger partial charge in [-0.05, 0) is 96.9 Å². The molecule has 5 nitrogen and oxygen atoms in total. The Labute approximate surface area is 390 Å². The van der Waals surface area contributed by atoms with Crippen LogP contribution in [0.25, 0.3) is 0 Å². The van der Waals surface area contributed by atoms with Crippen molar-refractivity contribution in [1.82, 2.24) is 15.3 Å². The normalized spacial score (nSPS) is 10.2. The molecule has 299 valence electrons. The zero-order valence-electron chi connectivity index (χ0n) is 36.2. The topological polar surface area (TPSA) is 80.9 Å². The number of nitrogens with zero attached hydrogens (tertiary/aromatic N) is 2. The maximum atomic E-state index is 10.1. The predicted molar refractivity (Wildman–Crippen MR) is 259 cm³/mol. The molecule has 0 fully saturated rings. The van der Waals surface area contributed by atoms with Crippen molar-refractivity contribution >= 4 is 62.4 Å². The SMILES string of the molecule is Cc1cccc(C=O)n1.Cc1cccc(CNCc2ccccc2P(c2ccccc2)c2ccccc2)n1.NCc1ccccc1P(c1ccccc1)c1ccccc1.[B].[H-].[Na+]. The third kappa shape index (κ3) is 14.6. The molecule has 8 rings (SSSR count). The average molecular weight is 844 g/mol. The molecule has 0 bridgehead atoms. The Kier molecular flexibility index (Phi) is 21.2. The number of hydrogen-bond donors (Lipinski definition) is 2. The van der Waals surface area contributed by atoms with E-state index in [1.165, 1.54) is 43.0 Å². The van der Waals surface area contributed by atoms with Crippen LogP contribution in [0.1, 0.15) is 40.1 Å². The zero-order chi connectivity index (χ0) is 41.1. The number of rotatable bonds is 12. The van der Waals surface area contributed by atoms with Crippen LogP contribution in [0.4, 0.5) is 0 Å². The van der Waals surface area contributed by atoms with E-state index in [2.05, 4.69) is 197 Å². The van der Waals surface area contributed by atoms with Crippen LogP contribution in [0.5, 0.6) is 0 Å². The van der Waals surface area contributed by atoms with Gasteiger partial charge in [-0.25, -0.2) is 0 Å². The van der Waals surface area contributed by atoms with Crippen molar-refractivity contribution in [2.24, 2.45) is 5.73 Å². The van der Waals surface area contributed by atoms with Gasteiger partial charge in [0.15, 0.2) is 6.29 Å². The molecule has 0 saturated heterocycles. The molecular formula is C52H51BN4NaOP2. The summed E-state index contributed by atoms with van der Waals surface area (Å²) in [5.41, 5.74) is 12.0. The first-order valence-electron chi connectivity index (χ1n) is 19.7. The van der Waals surface area contributed by atoms with E-state index in [9.17, 15) is 4.79 Å². The van der Waals surface area contributed by atoms with Gasteiger partial charge in [0.1, 0.15) is 5.69 Å². The first-order chi connectivity index (χ1) is 29.0. The van der Waals surface area contributed by atoms with E-state index in [1.807, 2.05) is 32.0 Å². The third-order valence-electron chi connectivity index (χ3n) is 9.34. The monoisotopic (exact) mass is 843 g/mol. The van der Waals surface area contributed by atoms with Gasteiger partial charge in [-0.15, -0.1) is 0 Å². The fraction of sp³-hybridized carbons (Fsp3) is 0.0962. The fourth-order valence-electron chi connectivity index (χ4n) is 6.60. The molecule has 6 aromatic carbocycles. The fourth-order valence-corrected chi connectivity index (χ4v) is 11.5. The quantitative estimate of drug-likeness (QED) is 0.0996. The van der Waals surface area contributed by atoms with Crippen LogP contribution in [0.3, 0.4) is 0 Å². The molecular weight excluding hydrogens is 792 g/mol. The van der Waals surface area contributed by atoms with Gasteiger partial charge >= 0.3 is 29.6 Å². The Morgan fingerprint density at radius 3 is 1.30 bits per heavy atom. The Morgan fingerprint density at radius 1 is 0.492 bits per heavy atom. The standard InChI is InChI=1S/C26H25N2P.C19H18NP.C7H7NO.B.Na.H/c1-21-11-10-13-23(28-21)20-27-19-22-12-8-9-18-26(22)29(24-14-4-2-5-15-24)25-16-6-3-7-17-25;20-15-16-9-7-8-14-19(16)21(17-10-3-1-4-11-17)18-12-5-2-6-13-18;1-6-3-2-4-7(5-9)8-6;;;/h2-18,27H,19-20H2,1H3;1-14H,15,20H2;2-5H,1H3;;;/q;;;;+1;-1. The summed E-state index contributed by atoms with van der Waals surface area (Å²) < 4.78 is 0. The van der Waals surface area contributed by atoms with Gasteiger partial charge < -0.3 is 12.5 Å². The summed E-state index contributed by atoms with van der Waals surface area (Å²) in [6.07, 6.45) is 0.743. The minimum Gasteiger partial charge on any atom is -1.00 e. The van der Waals surface area contributed by atoms with Crippen molar-refractivity contribution in [3.05, 3.63) is 240 Å². The number of aldehydes is 1. The molecule has 2 aromatic heterocycles. The number of nitrogens with one attached hydrogen (secondary N) is 1. The summed E-state index contributed by atoms with van der Waals surface area (Å²) in [5, 5.41) is 11.8. The van der Waals surface area contributed by atoms with E-state index in [-0.39, 0.29) is 39.4 Å². The number of aromatic nitrogens is 2. The summed E-state index contributed by atoms with van der Waals surface area (Å²) in [5.74, 6) is 0. The van der Waals surface area contributed by atoms with Crippen molar-refractivity contribution in [1.29, 1.82) is 0 Å². The Morgan fingerprint density at radius 2 is 0.885 bits per heavy atom. The van der Waals surface area contributed by atoms with Crippen LogP contribution < -0.4 is 72.4 Å². The van der Waals surface area contributed by atoms with E-state index in [1.54, 1.807) is 6.07 Å². The largest absolute Gasteiger partial charge is 1.00 e. The Hall–Kier alpha value is -4.87. The predicted octanol–water partition coefficient (Wildman–Crippen LogP) is 5.28. The van der Waals surface area contributed by atoms with E-state index in [0.717, 1.165) is 36.5 Å². The summed E-state index contributed by atoms with van der Waals surface area (Å²) in [4.78, 5) is 18.6. The molecule has 0 aliphatic heterocycles. The number of carbonyl (C=O) groups excluding carboxylic acids is 1. The second-order valence-electron chi connectivity index (χ2n) is 13.7. The molecule has 2 heterocycles. The molecule has 3 N–H and O–H groups in total. The van der Waals surface area contributed by atoms with Gasteiger partial charge in [-0.3, -0.25) is 14.8 Å². The zero-order valence-corrected chi connectivity index (χ0v) is 39.0. The van der Waals surface area contributed by atoms with Crippen LogP contribution in [0.15, 0.2) is 206 Å². The molecule has 0 atom stereocenters. The maximum absolute atomic E-state index is 10.1. The number of aryl methyl sites for hydroxylation is 2. The minimum absolute atomic E-state index is 0. The number of benzene rings is 6. The minimum atomic E-state index is -0.598. The number of hydrogen-bond acceptors (Lipinski definition) is 5. The Balaban J connectivity index is 0.000000272. The third-order valence-corrected chi connectivity index (χ3v) is 14.4. The van der Waals surface area contributed by atoms with Gasteiger partial charge in [0.05, 0.1) is 5.69 Å². The van der Waals surface area contributed by atoms with Crippen molar-refractivity contribution in [2.45, 2.75) is 33.5 Å². The average Bonchev–Trinajstić information content (AvgIpc) is 3.29. The molecule has 8 aromatic rings. The van der Waals surface area contributed by atoms with Crippen molar-refractivity contribution in [2.75, 3.05) is 0 Å².